The molecule has 0 spiro atoms. The van der Waals surface area contributed by atoms with Gasteiger partial charge in [0, 0.05) is 52.0 Å². The van der Waals surface area contributed by atoms with Gasteiger partial charge in [0.1, 0.15) is 5.82 Å². The maximum Gasteiger partial charge on any atom is 0.191 e. The molecule has 152 valence electrons. The topological polar surface area (TPSA) is 55.8 Å². The molecular formula is C20H35IN6. The molecule has 0 amide bonds. The van der Waals surface area contributed by atoms with Gasteiger partial charge in [-0.25, -0.2) is 4.98 Å². The summed E-state index contributed by atoms with van der Waals surface area (Å²) < 4.78 is 0. The third-order valence-electron chi connectivity index (χ3n) is 5.58. The Balaban J connectivity index is 0.00000261. The molecule has 2 N–H and O–H groups in total. The zero-order chi connectivity index (χ0) is 18.2. The van der Waals surface area contributed by atoms with Crippen molar-refractivity contribution < 1.29 is 0 Å². The zero-order valence-electron chi connectivity index (χ0n) is 16.8. The van der Waals surface area contributed by atoms with Gasteiger partial charge in [0.15, 0.2) is 5.96 Å². The minimum atomic E-state index is 0. The van der Waals surface area contributed by atoms with E-state index in [1.165, 1.54) is 37.7 Å². The lowest BCUT2D eigenvalue weighted by Crippen LogP contribution is -2.46. The summed E-state index contributed by atoms with van der Waals surface area (Å²) >= 11 is 0. The standard InChI is InChI=1S/C20H34N6.HI/c1-3-25-11-13-26(14-12-25)19-10-9-17(15-22-19)16-23-20(21-2)24-18-7-5-4-6-8-18;/h9-10,15,18H,3-8,11-14,16H2,1-2H3,(H2,21,23,24);1H. The second-order valence-corrected chi connectivity index (χ2v) is 7.35. The smallest absolute Gasteiger partial charge is 0.191 e. The Kier molecular flexibility index (Phi) is 9.61. The minimum Gasteiger partial charge on any atom is -0.354 e. The Morgan fingerprint density at radius 3 is 2.48 bits per heavy atom. The molecule has 2 heterocycles. The number of hydrogen-bond acceptors (Lipinski definition) is 4. The number of halogens is 1. The lowest BCUT2D eigenvalue weighted by Gasteiger charge is -2.34. The molecule has 0 bridgehead atoms. The highest BCUT2D eigenvalue weighted by atomic mass is 127. The van der Waals surface area contributed by atoms with Crippen LogP contribution >= 0.6 is 24.0 Å². The van der Waals surface area contributed by atoms with Crippen LogP contribution in [0, 0.1) is 0 Å². The molecule has 0 radical (unpaired) electrons. The SMILES string of the molecule is CCN1CCN(c2ccc(CNC(=NC)NC3CCCCC3)cn2)CC1.I. The van der Waals surface area contributed by atoms with Crippen molar-refractivity contribution >= 4 is 35.8 Å². The van der Waals surface area contributed by atoms with Gasteiger partial charge in [0.05, 0.1) is 0 Å². The van der Waals surface area contributed by atoms with E-state index >= 15 is 0 Å². The molecule has 1 aliphatic carbocycles. The van der Waals surface area contributed by atoms with Crippen molar-refractivity contribution in [1.29, 1.82) is 0 Å². The Labute approximate surface area is 181 Å². The fraction of sp³-hybridized carbons (Fsp3) is 0.700. The fourth-order valence-electron chi connectivity index (χ4n) is 3.82. The van der Waals surface area contributed by atoms with E-state index in [1.807, 2.05) is 13.2 Å². The molecule has 0 unspecified atom stereocenters. The first kappa shape index (κ1) is 22.2. The average molecular weight is 486 g/mol. The third kappa shape index (κ3) is 6.78. The molecule has 1 saturated carbocycles. The second-order valence-electron chi connectivity index (χ2n) is 7.35. The van der Waals surface area contributed by atoms with E-state index < -0.39 is 0 Å². The van der Waals surface area contributed by atoms with E-state index in [9.17, 15) is 0 Å². The number of likely N-dealkylation sites (N-methyl/N-ethyl adjacent to an activating group) is 1. The van der Waals surface area contributed by atoms with Crippen LogP contribution in [0.2, 0.25) is 0 Å². The number of guanidine groups is 1. The van der Waals surface area contributed by atoms with Gasteiger partial charge in [-0.15, -0.1) is 24.0 Å². The van der Waals surface area contributed by atoms with Gasteiger partial charge in [-0.3, -0.25) is 4.99 Å². The summed E-state index contributed by atoms with van der Waals surface area (Å²) in [6.07, 6.45) is 8.52. The predicted molar refractivity (Wildman–Crippen MR) is 124 cm³/mol. The van der Waals surface area contributed by atoms with E-state index in [-0.39, 0.29) is 24.0 Å². The summed E-state index contributed by atoms with van der Waals surface area (Å²) in [7, 11) is 1.84. The van der Waals surface area contributed by atoms with E-state index in [4.69, 9.17) is 0 Å². The van der Waals surface area contributed by atoms with Crippen molar-refractivity contribution in [1.82, 2.24) is 20.5 Å². The number of anilines is 1. The Bertz CT molecular complexity index is 562. The largest absolute Gasteiger partial charge is 0.354 e. The molecule has 1 aromatic heterocycles. The highest BCUT2D eigenvalue weighted by molar-refractivity contribution is 14.0. The van der Waals surface area contributed by atoms with Gasteiger partial charge in [-0.05, 0) is 31.0 Å². The van der Waals surface area contributed by atoms with Gasteiger partial charge in [-0.1, -0.05) is 32.3 Å². The molecule has 6 nitrogen and oxygen atoms in total. The summed E-state index contributed by atoms with van der Waals surface area (Å²) in [5, 5.41) is 6.98. The second kappa shape index (κ2) is 11.7. The highest BCUT2D eigenvalue weighted by Crippen LogP contribution is 2.17. The lowest BCUT2D eigenvalue weighted by molar-refractivity contribution is 0.270. The van der Waals surface area contributed by atoms with Crippen LogP contribution in [0.4, 0.5) is 5.82 Å². The van der Waals surface area contributed by atoms with Crippen LogP contribution in [-0.2, 0) is 6.54 Å². The zero-order valence-corrected chi connectivity index (χ0v) is 19.1. The average Bonchev–Trinajstić information content (AvgIpc) is 2.72. The van der Waals surface area contributed by atoms with Crippen LogP contribution in [0.15, 0.2) is 23.3 Å². The lowest BCUT2D eigenvalue weighted by atomic mass is 9.96. The number of aliphatic imine (C=N–C) groups is 1. The number of hydrogen-bond donors (Lipinski definition) is 2. The van der Waals surface area contributed by atoms with E-state index in [1.54, 1.807) is 0 Å². The maximum atomic E-state index is 4.68. The first-order chi connectivity index (χ1) is 12.8. The maximum absolute atomic E-state index is 4.68. The van der Waals surface area contributed by atoms with Gasteiger partial charge in [0.2, 0.25) is 0 Å². The van der Waals surface area contributed by atoms with Crippen molar-refractivity contribution in [3.8, 4) is 0 Å². The normalized spacial score (nSPS) is 19.5. The quantitative estimate of drug-likeness (QED) is 0.381. The molecule has 1 saturated heterocycles. The summed E-state index contributed by atoms with van der Waals surface area (Å²) in [6.45, 7) is 8.51. The monoisotopic (exact) mass is 486 g/mol. The summed E-state index contributed by atoms with van der Waals surface area (Å²) in [4.78, 5) is 13.9. The van der Waals surface area contributed by atoms with Crippen LogP contribution in [0.1, 0.15) is 44.6 Å². The van der Waals surface area contributed by atoms with Crippen LogP contribution in [0.5, 0.6) is 0 Å². The Hall–Kier alpha value is -1.09. The molecule has 3 rings (SSSR count). The number of piperazine rings is 1. The number of nitrogens with one attached hydrogen (secondary N) is 2. The predicted octanol–water partition coefficient (Wildman–Crippen LogP) is 2.84. The number of pyridine rings is 1. The molecular weight excluding hydrogens is 451 g/mol. The van der Waals surface area contributed by atoms with Gasteiger partial charge in [-0.2, -0.15) is 0 Å². The molecule has 7 heteroatoms. The van der Waals surface area contributed by atoms with Crippen LogP contribution in [0.25, 0.3) is 0 Å². The first-order valence-corrected chi connectivity index (χ1v) is 10.2. The van der Waals surface area contributed by atoms with Crippen LogP contribution in [0.3, 0.4) is 0 Å². The fourth-order valence-corrected chi connectivity index (χ4v) is 3.82. The third-order valence-corrected chi connectivity index (χ3v) is 5.58. The van der Waals surface area contributed by atoms with Crippen molar-refractivity contribution in [3.63, 3.8) is 0 Å². The molecule has 2 aliphatic rings. The van der Waals surface area contributed by atoms with Crippen LogP contribution in [-0.4, -0.2) is 61.7 Å². The first-order valence-electron chi connectivity index (χ1n) is 10.2. The molecule has 0 aromatic carbocycles. The summed E-state index contributed by atoms with van der Waals surface area (Å²) in [5.74, 6) is 1.99. The van der Waals surface area contributed by atoms with Crippen molar-refractivity contribution in [3.05, 3.63) is 23.9 Å². The van der Waals surface area contributed by atoms with E-state index in [2.05, 4.69) is 49.5 Å². The van der Waals surface area contributed by atoms with Crippen molar-refractivity contribution in [2.24, 2.45) is 4.99 Å². The van der Waals surface area contributed by atoms with E-state index in [0.29, 0.717) is 6.04 Å². The van der Waals surface area contributed by atoms with Gasteiger partial charge >= 0.3 is 0 Å². The number of nitrogens with zero attached hydrogens (tertiary/aromatic N) is 4. The number of aromatic nitrogens is 1. The summed E-state index contributed by atoms with van der Waals surface area (Å²) in [6, 6.07) is 4.89. The molecule has 0 atom stereocenters. The Morgan fingerprint density at radius 1 is 1.15 bits per heavy atom. The minimum absolute atomic E-state index is 0. The number of rotatable bonds is 5. The molecule has 27 heavy (non-hydrogen) atoms. The summed E-state index contributed by atoms with van der Waals surface area (Å²) in [5.41, 5.74) is 1.19. The van der Waals surface area contributed by atoms with Gasteiger partial charge < -0.3 is 20.4 Å². The van der Waals surface area contributed by atoms with Crippen molar-refractivity contribution in [2.75, 3.05) is 44.7 Å². The van der Waals surface area contributed by atoms with E-state index in [0.717, 1.165) is 51.0 Å². The molecule has 2 fully saturated rings. The highest BCUT2D eigenvalue weighted by Gasteiger charge is 2.17. The molecule has 1 aliphatic heterocycles. The van der Waals surface area contributed by atoms with Gasteiger partial charge in [0.25, 0.3) is 0 Å². The van der Waals surface area contributed by atoms with Crippen LogP contribution < -0.4 is 15.5 Å². The molecule has 1 aromatic rings. The Morgan fingerprint density at radius 2 is 1.89 bits per heavy atom. The van der Waals surface area contributed by atoms with Crippen molar-refractivity contribution in [2.45, 2.75) is 51.6 Å².